The molecule has 0 aromatic heterocycles. The summed E-state index contributed by atoms with van der Waals surface area (Å²) in [6, 6.07) is 0. The Labute approximate surface area is 115 Å². The van der Waals surface area contributed by atoms with Crippen molar-refractivity contribution in [3.63, 3.8) is 0 Å². The van der Waals surface area contributed by atoms with Gasteiger partial charge in [-0.15, -0.1) is 0 Å². The molecular weight excluding hydrogens is 224 g/mol. The smallest absolute Gasteiger partial charge is 0.0402 e. The molecule has 4 unspecified atom stereocenters. The van der Waals surface area contributed by atoms with E-state index >= 15 is 0 Å². The number of hydrogen-bond donors (Lipinski definition) is 2. The summed E-state index contributed by atoms with van der Waals surface area (Å²) >= 11 is 0. The van der Waals surface area contributed by atoms with Gasteiger partial charge in [-0.05, 0) is 43.9 Å². The normalized spacial score (nSPS) is 30.0. The zero-order valence-electron chi connectivity index (χ0n) is 13.4. The Kier molecular flexibility index (Phi) is 15.0. The zero-order valence-corrected chi connectivity index (χ0v) is 13.4. The third kappa shape index (κ3) is 7.38. The lowest BCUT2D eigenvalue weighted by atomic mass is 9.83. The molecule has 1 fully saturated rings. The lowest BCUT2D eigenvalue weighted by molar-refractivity contribution is 0.270. The monoisotopic (exact) mass is 260 g/mol. The molecule has 2 heteroatoms. The summed E-state index contributed by atoms with van der Waals surface area (Å²) in [5, 5.41) is 15.1. The second kappa shape index (κ2) is 13.4. The Morgan fingerprint density at radius 3 is 1.44 bits per heavy atom. The third-order valence-electron chi connectivity index (χ3n) is 4.03. The maximum absolute atomic E-state index is 7.57. The van der Waals surface area contributed by atoms with Crippen molar-refractivity contribution in [1.82, 2.24) is 0 Å². The second-order valence-corrected chi connectivity index (χ2v) is 5.16. The standard InChI is InChI=1S/C12H24.2C2H6O/c1-5-10-8-9(4)11(6-2)12(10)7-3;2*1-2-3/h9-12H,5-8H2,1-4H3;2*3H,2H2,1H3. The molecule has 1 saturated carbocycles. The highest BCUT2D eigenvalue weighted by Crippen LogP contribution is 2.45. The fourth-order valence-electron chi connectivity index (χ4n) is 3.41. The van der Waals surface area contributed by atoms with Crippen LogP contribution in [-0.4, -0.2) is 23.4 Å². The lowest BCUT2D eigenvalue weighted by Crippen LogP contribution is -2.14. The van der Waals surface area contributed by atoms with Gasteiger partial charge in [0.15, 0.2) is 0 Å². The predicted molar refractivity (Wildman–Crippen MR) is 80.6 cm³/mol. The summed E-state index contributed by atoms with van der Waals surface area (Å²) in [5.74, 6) is 4.09. The molecule has 0 aliphatic heterocycles. The van der Waals surface area contributed by atoms with Crippen molar-refractivity contribution in [1.29, 1.82) is 0 Å². The van der Waals surface area contributed by atoms with E-state index in [4.69, 9.17) is 10.2 Å². The first kappa shape index (κ1) is 20.2. The van der Waals surface area contributed by atoms with E-state index in [1.165, 1.54) is 25.7 Å². The van der Waals surface area contributed by atoms with Crippen LogP contribution in [0.25, 0.3) is 0 Å². The largest absolute Gasteiger partial charge is 0.397 e. The molecule has 0 bridgehead atoms. The van der Waals surface area contributed by atoms with E-state index in [2.05, 4.69) is 27.7 Å². The number of aliphatic hydroxyl groups is 2. The Morgan fingerprint density at radius 1 is 0.778 bits per heavy atom. The van der Waals surface area contributed by atoms with Gasteiger partial charge in [0, 0.05) is 13.2 Å². The highest BCUT2D eigenvalue weighted by atomic mass is 16.3. The van der Waals surface area contributed by atoms with E-state index in [1.54, 1.807) is 13.8 Å². The molecule has 0 spiro atoms. The van der Waals surface area contributed by atoms with Gasteiger partial charge >= 0.3 is 0 Å². The summed E-state index contributed by atoms with van der Waals surface area (Å²) in [5.41, 5.74) is 0. The van der Waals surface area contributed by atoms with Gasteiger partial charge < -0.3 is 10.2 Å². The average molecular weight is 260 g/mol. The average Bonchev–Trinajstić information content (AvgIpc) is 2.66. The van der Waals surface area contributed by atoms with Crippen LogP contribution >= 0.6 is 0 Å². The van der Waals surface area contributed by atoms with Crippen LogP contribution in [0.4, 0.5) is 0 Å². The van der Waals surface area contributed by atoms with Crippen LogP contribution in [0, 0.1) is 23.7 Å². The van der Waals surface area contributed by atoms with Gasteiger partial charge in [-0.2, -0.15) is 0 Å². The van der Waals surface area contributed by atoms with E-state index < -0.39 is 0 Å². The third-order valence-corrected chi connectivity index (χ3v) is 4.03. The van der Waals surface area contributed by atoms with E-state index in [0.29, 0.717) is 0 Å². The maximum atomic E-state index is 7.57. The van der Waals surface area contributed by atoms with E-state index in [-0.39, 0.29) is 13.2 Å². The summed E-state index contributed by atoms with van der Waals surface area (Å²) in [7, 11) is 0. The molecule has 0 aromatic carbocycles. The molecule has 1 aliphatic rings. The van der Waals surface area contributed by atoms with Crippen molar-refractivity contribution < 1.29 is 10.2 Å². The molecule has 1 aliphatic carbocycles. The van der Waals surface area contributed by atoms with Crippen LogP contribution in [0.1, 0.15) is 67.2 Å². The minimum Gasteiger partial charge on any atom is -0.397 e. The minimum absolute atomic E-state index is 0.250. The van der Waals surface area contributed by atoms with E-state index in [1.807, 2.05) is 0 Å². The highest BCUT2D eigenvalue weighted by Gasteiger charge is 2.37. The molecule has 1 rings (SSSR count). The molecule has 0 heterocycles. The summed E-state index contributed by atoms with van der Waals surface area (Å²) in [6.45, 7) is 13.4. The molecule has 0 amide bonds. The van der Waals surface area contributed by atoms with Crippen LogP contribution in [0.2, 0.25) is 0 Å². The summed E-state index contributed by atoms with van der Waals surface area (Å²) < 4.78 is 0. The maximum Gasteiger partial charge on any atom is 0.0402 e. The van der Waals surface area contributed by atoms with Crippen molar-refractivity contribution in [2.75, 3.05) is 13.2 Å². The molecule has 112 valence electrons. The van der Waals surface area contributed by atoms with Crippen molar-refractivity contribution in [3.8, 4) is 0 Å². The topological polar surface area (TPSA) is 40.5 Å². The Balaban J connectivity index is 0. The van der Waals surface area contributed by atoms with Gasteiger partial charge in [0.05, 0.1) is 0 Å². The molecule has 0 saturated heterocycles. The van der Waals surface area contributed by atoms with Crippen molar-refractivity contribution >= 4 is 0 Å². The van der Waals surface area contributed by atoms with Gasteiger partial charge in [-0.1, -0.05) is 47.0 Å². The molecule has 4 atom stereocenters. The zero-order chi connectivity index (χ0) is 14.6. The van der Waals surface area contributed by atoms with Crippen molar-refractivity contribution in [2.24, 2.45) is 23.7 Å². The van der Waals surface area contributed by atoms with Crippen molar-refractivity contribution in [2.45, 2.75) is 67.2 Å². The highest BCUT2D eigenvalue weighted by molar-refractivity contribution is 4.86. The predicted octanol–water partition coefficient (Wildman–Crippen LogP) is 4.10. The summed E-state index contributed by atoms with van der Waals surface area (Å²) in [6.07, 6.45) is 5.70. The first-order chi connectivity index (χ1) is 8.57. The Morgan fingerprint density at radius 2 is 1.17 bits per heavy atom. The molecule has 0 aromatic rings. The second-order valence-electron chi connectivity index (χ2n) is 5.16. The number of hydrogen-bond acceptors (Lipinski definition) is 2. The fourth-order valence-corrected chi connectivity index (χ4v) is 3.41. The van der Waals surface area contributed by atoms with Gasteiger partial charge in [0.25, 0.3) is 0 Å². The lowest BCUT2D eigenvalue weighted by Gasteiger charge is -2.22. The van der Waals surface area contributed by atoms with Crippen LogP contribution in [0.3, 0.4) is 0 Å². The first-order valence-electron chi connectivity index (χ1n) is 7.79. The molecule has 18 heavy (non-hydrogen) atoms. The summed E-state index contributed by atoms with van der Waals surface area (Å²) in [4.78, 5) is 0. The number of aliphatic hydroxyl groups excluding tert-OH is 2. The molecule has 0 radical (unpaired) electrons. The molecule has 2 nitrogen and oxygen atoms in total. The van der Waals surface area contributed by atoms with Crippen LogP contribution < -0.4 is 0 Å². The van der Waals surface area contributed by atoms with Gasteiger partial charge in [0.2, 0.25) is 0 Å². The first-order valence-corrected chi connectivity index (χ1v) is 7.79. The quantitative estimate of drug-likeness (QED) is 0.802. The van der Waals surface area contributed by atoms with Gasteiger partial charge in [-0.3, -0.25) is 0 Å². The SMILES string of the molecule is CCC1CC(C)C(CC)C1CC.CCO.CCO. The van der Waals surface area contributed by atoms with Crippen LogP contribution in [0.5, 0.6) is 0 Å². The molecule has 2 N–H and O–H groups in total. The van der Waals surface area contributed by atoms with Gasteiger partial charge in [0.1, 0.15) is 0 Å². The Hall–Kier alpha value is -0.0800. The van der Waals surface area contributed by atoms with E-state index in [0.717, 1.165) is 23.7 Å². The van der Waals surface area contributed by atoms with Crippen LogP contribution in [-0.2, 0) is 0 Å². The minimum atomic E-state index is 0.250. The van der Waals surface area contributed by atoms with Crippen molar-refractivity contribution in [3.05, 3.63) is 0 Å². The molecular formula is C16H36O2. The van der Waals surface area contributed by atoms with Crippen LogP contribution in [0.15, 0.2) is 0 Å². The Bertz CT molecular complexity index is 157. The fraction of sp³-hybridized carbons (Fsp3) is 1.00. The van der Waals surface area contributed by atoms with Gasteiger partial charge in [-0.25, -0.2) is 0 Å². The van der Waals surface area contributed by atoms with E-state index in [9.17, 15) is 0 Å². The number of rotatable bonds is 3.